The monoisotopic (exact) mass is 331 g/mol. The van der Waals surface area contributed by atoms with Gasteiger partial charge in [0.25, 0.3) is 0 Å². The van der Waals surface area contributed by atoms with Gasteiger partial charge in [-0.2, -0.15) is 0 Å². The molecule has 4 nitrogen and oxygen atoms in total. The van der Waals surface area contributed by atoms with E-state index in [0.717, 1.165) is 23.6 Å². The Bertz CT molecular complexity index is 616. The van der Waals surface area contributed by atoms with Crippen LogP contribution in [-0.4, -0.2) is 28.9 Å². The molecule has 0 saturated heterocycles. The molecule has 0 bridgehead atoms. The maximum atomic E-state index is 10.4. The summed E-state index contributed by atoms with van der Waals surface area (Å²) < 4.78 is 0. The van der Waals surface area contributed by atoms with E-state index in [-0.39, 0.29) is 12.0 Å². The number of aliphatic carboxylic acids is 1. The van der Waals surface area contributed by atoms with Crippen LogP contribution in [0.3, 0.4) is 0 Å². The number of hydrogen-bond donors (Lipinski definition) is 2. The Balaban J connectivity index is 2.95. The summed E-state index contributed by atoms with van der Waals surface area (Å²) in [4.78, 5) is 10.4. The molecule has 0 radical (unpaired) electrons. The molecule has 0 amide bonds. The lowest BCUT2D eigenvalue weighted by Gasteiger charge is -2.36. The van der Waals surface area contributed by atoms with Crippen molar-refractivity contribution in [1.29, 1.82) is 0 Å². The number of carboxylic acid groups (broad SMARTS) is 1. The van der Waals surface area contributed by atoms with Gasteiger partial charge in [0.2, 0.25) is 0 Å². The highest BCUT2D eigenvalue weighted by atomic mass is 16.4. The standard InChI is InChI=1S/C20H28O4/c1-14(6-5-7-15(2)12-19(23)24)8-9-17-16(13-21)18(22)10-11-20(17,3)4/h5-9,12,18,21-22H,10-11,13H2,1-4H3,(H,23,24)/p-1/b7-5+,9-8+,14-6+,15-12+. The smallest absolute Gasteiger partial charge is 0.0778 e. The van der Waals surface area contributed by atoms with Crippen molar-refractivity contribution in [3.8, 4) is 0 Å². The van der Waals surface area contributed by atoms with Gasteiger partial charge in [-0.15, -0.1) is 0 Å². The molecule has 0 aromatic carbocycles. The molecule has 0 fully saturated rings. The van der Waals surface area contributed by atoms with Gasteiger partial charge in [0.15, 0.2) is 0 Å². The molecule has 0 aliphatic heterocycles. The fraction of sp³-hybridized carbons (Fsp3) is 0.450. The first-order chi connectivity index (χ1) is 11.2. The Morgan fingerprint density at radius 3 is 2.54 bits per heavy atom. The van der Waals surface area contributed by atoms with Crippen molar-refractivity contribution in [2.24, 2.45) is 5.41 Å². The average Bonchev–Trinajstić information content (AvgIpc) is 2.47. The second-order valence-electron chi connectivity index (χ2n) is 6.85. The lowest BCUT2D eigenvalue weighted by molar-refractivity contribution is -0.297. The van der Waals surface area contributed by atoms with E-state index in [0.29, 0.717) is 17.6 Å². The zero-order valence-electron chi connectivity index (χ0n) is 14.9. The van der Waals surface area contributed by atoms with Crippen LogP contribution in [0.2, 0.25) is 0 Å². The summed E-state index contributed by atoms with van der Waals surface area (Å²) in [5.41, 5.74) is 3.17. The van der Waals surface area contributed by atoms with Gasteiger partial charge in [-0.05, 0) is 54.9 Å². The molecule has 0 aromatic heterocycles. The van der Waals surface area contributed by atoms with Crippen LogP contribution >= 0.6 is 0 Å². The van der Waals surface area contributed by atoms with E-state index in [1.54, 1.807) is 19.1 Å². The van der Waals surface area contributed by atoms with E-state index in [4.69, 9.17) is 0 Å². The minimum atomic E-state index is -1.21. The number of aliphatic hydroxyl groups is 2. The fourth-order valence-electron chi connectivity index (χ4n) is 2.80. The first-order valence-corrected chi connectivity index (χ1v) is 8.12. The molecule has 0 heterocycles. The van der Waals surface area contributed by atoms with Gasteiger partial charge in [-0.3, -0.25) is 0 Å². The van der Waals surface area contributed by atoms with Crippen LogP contribution in [-0.2, 0) is 4.79 Å². The first-order valence-electron chi connectivity index (χ1n) is 8.12. The summed E-state index contributed by atoms with van der Waals surface area (Å²) in [6, 6.07) is 0. The molecule has 0 saturated carbocycles. The lowest BCUT2D eigenvalue weighted by atomic mass is 9.71. The van der Waals surface area contributed by atoms with Crippen LogP contribution in [0.4, 0.5) is 0 Å². The second-order valence-corrected chi connectivity index (χ2v) is 6.85. The zero-order chi connectivity index (χ0) is 18.3. The topological polar surface area (TPSA) is 80.6 Å². The largest absolute Gasteiger partial charge is 0.545 e. The number of aliphatic hydroxyl groups excluding tert-OH is 2. The van der Waals surface area contributed by atoms with Gasteiger partial charge >= 0.3 is 0 Å². The predicted molar refractivity (Wildman–Crippen MR) is 93.9 cm³/mol. The summed E-state index contributed by atoms with van der Waals surface area (Å²) in [6.45, 7) is 7.71. The minimum absolute atomic E-state index is 0.0856. The van der Waals surface area contributed by atoms with Crippen molar-refractivity contribution in [1.82, 2.24) is 0 Å². The summed E-state index contributed by atoms with van der Waals surface area (Å²) in [6.07, 6.45) is 11.2. The molecule has 1 atom stereocenters. The molecule has 1 unspecified atom stereocenters. The van der Waals surface area contributed by atoms with E-state index in [1.165, 1.54) is 0 Å². The van der Waals surface area contributed by atoms with Crippen molar-refractivity contribution in [3.05, 3.63) is 58.7 Å². The number of rotatable bonds is 6. The molecule has 24 heavy (non-hydrogen) atoms. The molecule has 132 valence electrons. The number of carbonyl (C=O) groups is 1. The summed E-state index contributed by atoms with van der Waals surface area (Å²) in [5.74, 6) is -1.21. The van der Waals surface area contributed by atoms with E-state index < -0.39 is 12.1 Å². The molecule has 1 rings (SSSR count). The quantitative estimate of drug-likeness (QED) is 0.578. The lowest BCUT2D eigenvalue weighted by Crippen LogP contribution is -2.29. The Hall–Kier alpha value is -1.91. The number of carbonyl (C=O) groups excluding carboxylic acids is 1. The van der Waals surface area contributed by atoms with Gasteiger partial charge in [0, 0.05) is 0 Å². The first kappa shape index (κ1) is 20.1. The molecule has 0 aromatic rings. The van der Waals surface area contributed by atoms with Gasteiger partial charge in [0.1, 0.15) is 0 Å². The minimum Gasteiger partial charge on any atom is -0.545 e. The van der Waals surface area contributed by atoms with Gasteiger partial charge < -0.3 is 20.1 Å². The van der Waals surface area contributed by atoms with E-state index in [9.17, 15) is 20.1 Å². The van der Waals surface area contributed by atoms with Gasteiger partial charge in [-0.25, -0.2) is 0 Å². The van der Waals surface area contributed by atoms with Gasteiger partial charge in [-0.1, -0.05) is 49.8 Å². The van der Waals surface area contributed by atoms with E-state index in [1.807, 2.05) is 25.2 Å². The number of hydrogen-bond acceptors (Lipinski definition) is 4. The molecular weight excluding hydrogens is 304 g/mol. The highest BCUT2D eigenvalue weighted by Gasteiger charge is 2.32. The number of allylic oxidation sites excluding steroid dienone is 8. The highest BCUT2D eigenvalue weighted by Crippen LogP contribution is 2.41. The third kappa shape index (κ3) is 5.95. The van der Waals surface area contributed by atoms with Crippen LogP contribution in [0.15, 0.2) is 58.7 Å². The summed E-state index contributed by atoms with van der Waals surface area (Å²) in [7, 11) is 0. The molecule has 0 spiro atoms. The zero-order valence-corrected chi connectivity index (χ0v) is 14.9. The van der Waals surface area contributed by atoms with E-state index >= 15 is 0 Å². The molecular formula is C20H27O4-. The Morgan fingerprint density at radius 1 is 1.29 bits per heavy atom. The maximum absolute atomic E-state index is 10.4. The average molecular weight is 331 g/mol. The molecule has 1 aliphatic carbocycles. The highest BCUT2D eigenvalue weighted by molar-refractivity contribution is 5.79. The summed E-state index contributed by atoms with van der Waals surface area (Å²) in [5, 5.41) is 30.1. The van der Waals surface area contributed by atoms with Crippen molar-refractivity contribution in [2.75, 3.05) is 6.61 Å². The summed E-state index contributed by atoms with van der Waals surface area (Å²) >= 11 is 0. The van der Waals surface area contributed by atoms with Crippen molar-refractivity contribution >= 4 is 5.97 Å². The molecule has 1 aliphatic rings. The van der Waals surface area contributed by atoms with E-state index in [2.05, 4.69) is 13.8 Å². The van der Waals surface area contributed by atoms with Crippen LogP contribution in [0.1, 0.15) is 40.5 Å². The normalized spacial score (nSPS) is 22.7. The molecule has 4 heteroatoms. The second kappa shape index (κ2) is 8.81. The van der Waals surface area contributed by atoms with Crippen LogP contribution in [0.25, 0.3) is 0 Å². The predicted octanol–water partition coefficient (Wildman–Crippen LogP) is 2.21. The van der Waals surface area contributed by atoms with Crippen LogP contribution in [0.5, 0.6) is 0 Å². The van der Waals surface area contributed by atoms with Crippen molar-refractivity contribution < 1.29 is 20.1 Å². The third-order valence-corrected chi connectivity index (χ3v) is 4.27. The fourth-order valence-corrected chi connectivity index (χ4v) is 2.80. The SMILES string of the molecule is CC(/C=C/C1=C(CO)C(O)CCC1(C)C)=C\C=C\C(C)=C\C(=O)[O-]. The Morgan fingerprint density at radius 2 is 1.96 bits per heavy atom. The van der Waals surface area contributed by atoms with Crippen molar-refractivity contribution in [3.63, 3.8) is 0 Å². The molecule has 2 N–H and O–H groups in total. The number of carboxylic acids is 1. The maximum Gasteiger partial charge on any atom is 0.0778 e. The van der Waals surface area contributed by atoms with Gasteiger partial charge in [0.05, 0.1) is 18.7 Å². The van der Waals surface area contributed by atoms with Crippen LogP contribution in [0, 0.1) is 5.41 Å². The Kier molecular flexibility index (Phi) is 7.39. The van der Waals surface area contributed by atoms with Crippen molar-refractivity contribution in [2.45, 2.75) is 46.6 Å². The Labute approximate surface area is 144 Å². The van der Waals surface area contributed by atoms with Crippen LogP contribution < -0.4 is 5.11 Å². The third-order valence-electron chi connectivity index (χ3n) is 4.27.